The van der Waals surface area contributed by atoms with Crippen molar-refractivity contribution in [1.82, 2.24) is 14.8 Å². The monoisotopic (exact) mass is 436 g/mol. The SMILES string of the molecule is Cn1c(SCCC(=O)Nc2ccc3c(c2)CCC3)nnc1C1COc2ccccc2O1. The van der Waals surface area contributed by atoms with Crippen molar-refractivity contribution >= 4 is 23.4 Å². The molecule has 2 aliphatic rings. The normalized spacial score (nSPS) is 16.7. The van der Waals surface area contributed by atoms with Gasteiger partial charge in [0.25, 0.3) is 0 Å². The number of nitrogens with one attached hydrogen (secondary N) is 1. The molecule has 31 heavy (non-hydrogen) atoms. The zero-order chi connectivity index (χ0) is 21.2. The molecular formula is C23H24N4O3S. The van der Waals surface area contributed by atoms with Gasteiger partial charge in [-0.2, -0.15) is 0 Å². The average molecular weight is 437 g/mol. The lowest BCUT2D eigenvalue weighted by Crippen LogP contribution is -2.24. The molecule has 2 heterocycles. The largest absolute Gasteiger partial charge is 0.485 e. The van der Waals surface area contributed by atoms with Crippen LogP contribution in [0.25, 0.3) is 0 Å². The third-order valence-electron chi connectivity index (χ3n) is 5.61. The minimum atomic E-state index is -0.315. The van der Waals surface area contributed by atoms with E-state index < -0.39 is 0 Å². The Morgan fingerprint density at radius 3 is 2.90 bits per heavy atom. The second-order valence-corrected chi connectivity index (χ2v) is 8.81. The van der Waals surface area contributed by atoms with Crippen LogP contribution in [-0.2, 0) is 24.7 Å². The molecule has 0 fully saturated rings. The Morgan fingerprint density at radius 2 is 2.00 bits per heavy atom. The molecule has 0 saturated carbocycles. The van der Waals surface area contributed by atoms with Gasteiger partial charge in [-0.05, 0) is 54.7 Å². The van der Waals surface area contributed by atoms with E-state index in [-0.39, 0.29) is 12.0 Å². The van der Waals surface area contributed by atoms with Gasteiger partial charge in [-0.15, -0.1) is 10.2 Å². The number of benzene rings is 2. The Labute approximate surface area is 185 Å². The number of thioether (sulfide) groups is 1. The molecule has 1 aliphatic carbocycles. The van der Waals surface area contributed by atoms with E-state index in [1.807, 2.05) is 41.9 Å². The van der Waals surface area contributed by atoms with Gasteiger partial charge in [-0.3, -0.25) is 4.79 Å². The number of hydrogen-bond acceptors (Lipinski definition) is 6. The zero-order valence-corrected chi connectivity index (χ0v) is 18.2. The number of para-hydroxylation sites is 2. The Hall–Kier alpha value is -3.00. The predicted molar refractivity (Wildman–Crippen MR) is 119 cm³/mol. The van der Waals surface area contributed by atoms with Crippen molar-refractivity contribution in [2.24, 2.45) is 7.05 Å². The lowest BCUT2D eigenvalue weighted by molar-refractivity contribution is -0.115. The summed E-state index contributed by atoms with van der Waals surface area (Å²) in [6, 6.07) is 13.8. The number of ether oxygens (including phenoxy) is 2. The Balaban J connectivity index is 1.15. The van der Waals surface area contributed by atoms with Crippen molar-refractivity contribution in [3.63, 3.8) is 0 Å². The van der Waals surface area contributed by atoms with E-state index >= 15 is 0 Å². The minimum absolute atomic E-state index is 0.00783. The maximum absolute atomic E-state index is 12.4. The fourth-order valence-corrected chi connectivity index (χ4v) is 4.84. The number of carbonyl (C=O) groups excluding carboxylic acids is 1. The lowest BCUT2D eigenvalue weighted by atomic mass is 10.1. The van der Waals surface area contributed by atoms with Gasteiger partial charge in [-0.1, -0.05) is 30.0 Å². The zero-order valence-electron chi connectivity index (χ0n) is 17.3. The third-order valence-corrected chi connectivity index (χ3v) is 6.63. The highest BCUT2D eigenvalue weighted by Crippen LogP contribution is 2.35. The molecule has 0 radical (unpaired) electrons. The number of amides is 1. The van der Waals surface area contributed by atoms with Gasteiger partial charge in [0.15, 0.2) is 28.6 Å². The van der Waals surface area contributed by atoms with E-state index in [2.05, 4.69) is 27.6 Å². The summed E-state index contributed by atoms with van der Waals surface area (Å²) in [6.45, 7) is 0.386. The number of aryl methyl sites for hydroxylation is 2. The third kappa shape index (κ3) is 4.25. The number of rotatable bonds is 6. The van der Waals surface area contributed by atoms with E-state index in [0.717, 1.165) is 29.4 Å². The van der Waals surface area contributed by atoms with Gasteiger partial charge >= 0.3 is 0 Å². The van der Waals surface area contributed by atoms with Crippen LogP contribution in [0.15, 0.2) is 47.6 Å². The van der Waals surface area contributed by atoms with E-state index in [1.54, 1.807) is 0 Å². The van der Waals surface area contributed by atoms with Crippen LogP contribution < -0.4 is 14.8 Å². The van der Waals surface area contributed by atoms with E-state index in [4.69, 9.17) is 9.47 Å². The highest BCUT2D eigenvalue weighted by Gasteiger charge is 2.27. The summed E-state index contributed by atoms with van der Waals surface area (Å²) >= 11 is 1.51. The van der Waals surface area contributed by atoms with Crippen LogP contribution in [0.2, 0.25) is 0 Å². The van der Waals surface area contributed by atoms with Gasteiger partial charge < -0.3 is 19.4 Å². The summed E-state index contributed by atoms with van der Waals surface area (Å²) in [5, 5.41) is 12.3. The quantitative estimate of drug-likeness (QED) is 0.590. The second-order valence-electron chi connectivity index (χ2n) is 7.75. The van der Waals surface area contributed by atoms with Crippen LogP contribution in [0, 0.1) is 0 Å². The first-order valence-corrected chi connectivity index (χ1v) is 11.5. The summed E-state index contributed by atoms with van der Waals surface area (Å²) in [4.78, 5) is 12.4. The van der Waals surface area contributed by atoms with Gasteiger partial charge in [-0.25, -0.2) is 0 Å². The fourth-order valence-electron chi connectivity index (χ4n) is 3.99. The first-order chi connectivity index (χ1) is 15.2. The molecule has 0 spiro atoms. The molecule has 1 N–H and O–H groups in total. The lowest BCUT2D eigenvalue weighted by Gasteiger charge is -2.25. The number of aromatic nitrogens is 3. The maximum atomic E-state index is 12.4. The summed E-state index contributed by atoms with van der Waals surface area (Å²) in [6.07, 6.45) is 3.54. The number of carbonyl (C=O) groups is 1. The van der Waals surface area contributed by atoms with Crippen LogP contribution in [0.1, 0.15) is 35.9 Å². The molecule has 1 atom stereocenters. The summed E-state index contributed by atoms with van der Waals surface area (Å²) in [7, 11) is 1.91. The Bertz CT molecular complexity index is 1110. The van der Waals surface area contributed by atoms with Crippen molar-refractivity contribution in [2.75, 3.05) is 17.7 Å². The van der Waals surface area contributed by atoms with Crippen molar-refractivity contribution in [1.29, 1.82) is 0 Å². The molecule has 5 rings (SSSR count). The summed E-state index contributed by atoms with van der Waals surface area (Å²) < 4.78 is 13.7. The standard InChI is InChI=1S/C23H24N4O3S/c1-27-22(20-14-29-18-7-2-3-8-19(18)30-20)25-26-23(27)31-12-11-21(28)24-17-10-9-15-5-4-6-16(15)13-17/h2-3,7-10,13,20H,4-6,11-12,14H2,1H3,(H,24,28). The molecule has 1 aromatic heterocycles. The van der Waals surface area contributed by atoms with Gasteiger partial charge in [0.05, 0.1) is 0 Å². The number of fused-ring (bicyclic) bond motifs is 2. The number of anilines is 1. The fraction of sp³-hybridized carbons (Fsp3) is 0.348. The average Bonchev–Trinajstić information content (AvgIpc) is 3.40. The number of hydrogen-bond donors (Lipinski definition) is 1. The van der Waals surface area contributed by atoms with Crippen LogP contribution >= 0.6 is 11.8 Å². The maximum Gasteiger partial charge on any atom is 0.225 e. The predicted octanol–water partition coefficient (Wildman–Crippen LogP) is 3.94. The van der Waals surface area contributed by atoms with Crippen molar-refractivity contribution < 1.29 is 14.3 Å². The molecule has 160 valence electrons. The molecule has 1 aliphatic heterocycles. The number of nitrogens with zero attached hydrogens (tertiary/aromatic N) is 3. The molecule has 1 amide bonds. The molecule has 0 bridgehead atoms. The molecule has 0 saturated heterocycles. The van der Waals surface area contributed by atoms with Crippen molar-refractivity contribution in [3.8, 4) is 11.5 Å². The molecular weight excluding hydrogens is 412 g/mol. The molecule has 2 aromatic carbocycles. The van der Waals surface area contributed by atoms with E-state index in [1.165, 1.54) is 29.3 Å². The summed E-state index contributed by atoms with van der Waals surface area (Å²) in [5.41, 5.74) is 3.64. The topological polar surface area (TPSA) is 78.3 Å². The van der Waals surface area contributed by atoms with Crippen LogP contribution in [0.3, 0.4) is 0 Å². The molecule has 1 unspecified atom stereocenters. The minimum Gasteiger partial charge on any atom is -0.485 e. The van der Waals surface area contributed by atoms with Crippen molar-refractivity contribution in [2.45, 2.75) is 36.9 Å². The molecule has 8 heteroatoms. The van der Waals surface area contributed by atoms with E-state index in [0.29, 0.717) is 30.4 Å². The van der Waals surface area contributed by atoms with Gasteiger partial charge in [0, 0.05) is 24.9 Å². The van der Waals surface area contributed by atoms with Crippen LogP contribution in [0.4, 0.5) is 5.69 Å². The molecule has 3 aromatic rings. The first kappa shape index (κ1) is 19.9. The summed E-state index contributed by atoms with van der Waals surface area (Å²) in [5.74, 6) is 2.78. The van der Waals surface area contributed by atoms with Gasteiger partial charge in [0.2, 0.25) is 5.91 Å². The molecule has 7 nitrogen and oxygen atoms in total. The Kier molecular flexibility index (Phi) is 5.55. The smallest absolute Gasteiger partial charge is 0.225 e. The van der Waals surface area contributed by atoms with Crippen molar-refractivity contribution in [3.05, 3.63) is 59.4 Å². The highest BCUT2D eigenvalue weighted by atomic mass is 32.2. The Morgan fingerprint density at radius 1 is 1.16 bits per heavy atom. The highest BCUT2D eigenvalue weighted by molar-refractivity contribution is 7.99. The first-order valence-electron chi connectivity index (χ1n) is 10.5. The van der Waals surface area contributed by atoms with E-state index in [9.17, 15) is 4.79 Å². The van der Waals surface area contributed by atoms with Crippen LogP contribution in [0.5, 0.6) is 11.5 Å². The van der Waals surface area contributed by atoms with Crippen LogP contribution in [-0.4, -0.2) is 33.0 Å². The second kappa shape index (κ2) is 8.63. The van der Waals surface area contributed by atoms with Gasteiger partial charge in [0.1, 0.15) is 6.61 Å².